The Labute approximate surface area is 218 Å². The van der Waals surface area contributed by atoms with E-state index in [0.717, 1.165) is 32.5 Å². The van der Waals surface area contributed by atoms with Crippen LogP contribution in [0, 0.1) is 16.7 Å². The van der Waals surface area contributed by atoms with Crippen molar-refractivity contribution in [2.75, 3.05) is 18.4 Å². The van der Waals surface area contributed by atoms with Crippen LogP contribution in [0.2, 0.25) is 0 Å². The van der Waals surface area contributed by atoms with Gasteiger partial charge in [0.1, 0.15) is 0 Å². The van der Waals surface area contributed by atoms with Crippen LogP contribution >= 0.6 is 0 Å². The highest BCUT2D eigenvalue weighted by molar-refractivity contribution is 5.96. The molecule has 1 unspecified atom stereocenters. The van der Waals surface area contributed by atoms with Gasteiger partial charge in [0.15, 0.2) is 5.41 Å². The van der Waals surface area contributed by atoms with Crippen LogP contribution in [-0.2, 0) is 11.3 Å². The summed E-state index contributed by atoms with van der Waals surface area (Å²) in [6.07, 6.45) is 2.86. The SMILES string of the molecule is CCC[C@H](NC(=O)c1ccc(NC(=O)NC2CCN(Cc3ccccc3)CC2)cc1)C(C)(C#N)C(N)=O. The monoisotopic (exact) mass is 504 g/mol. The number of carbonyl (C=O) groups is 3. The number of nitrogens with two attached hydrogens (primary N) is 1. The molecular weight excluding hydrogens is 468 g/mol. The van der Waals surface area contributed by atoms with E-state index in [9.17, 15) is 19.6 Å². The number of nitriles is 1. The van der Waals surface area contributed by atoms with Crippen LogP contribution in [0.5, 0.6) is 0 Å². The van der Waals surface area contributed by atoms with Crippen LogP contribution in [0.1, 0.15) is 55.5 Å². The lowest BCUT2D eigenvalue weighted by molar-refractivity contribution is -0.125. The second-order valence-electron chi connectivity index (χ2n) is 9.70. The number of likely N-dealkylation sites (tertiary alicyclic amines) is 1. The van der Waals surface area contributed by atoms with Crippen LogP contribution in [0.3, 0.4) is 0 Å². The van der Waals surface area contributed by atoms with Crippen molar-refractivity contribution in [1.29, 1.82) is 5.26 Å². The predicted octanol–water partition coefficient (Wildman–Crippen LogP) is 3.39. The summed E-state index contributed by atoms with van der Waals surface area (Å²) in [6.45, 7) is 6.09. The van der Waals surface area contributed by atoms with E-state index in [-0.39, 0.29) is 12.1 Å². The lowest BCUT2D eigenvalue weighted by atomic mass is 9.80. The minimum atomic E-state index is -1.51. The van der Waals surface area contributed by atoms with Crippen LogP contribution in [0.25, 0.3) is 0 Å². The summed E-state index contributed by atoms with van der Waals surface area (Å²) in [5.74, 6) is -1.19. The third-order valence-corrected chi connectivity index (χ3v) is 6.90. The highest BCUT2D eigenvalue weighted by atomic mass is 16.2. The smallest absolute Gasteiger partial charge is 0.319 e. The first-order chi connectivity index (χ1) is 17.7. The fourth-order valence-electron chi connectivity index (χ4n) is 4.47. The molecule has 2 aromatic rings. The van der Waals surface area contributed by atoms with Crippen LogP contribution < -0.4 is 21.7 Å². The van der Waals surface area contributed by atoms with Gasteiger partial charge in [-0.05, 0) is 56.0 Å². The van der Waals surface area contributed by atoms with Gasteiger partial charge in [0, 0.05) is 36.9 Å². The Hall–Kier alpha value is -3.90. The zero-order valence-electron chi connectivity index (χ0n) is 21.5. The Morgan fingerprint density at radius 2 is 1.76 bits per heavy atom. The van der Waals surface area contributed by atoms with Crippen molar-refractivity contribution in [2.45, 2.75) is 58.2 Å². The topological polar surface area (TPSA) is 140 Å². The number of urea groups is 1. The Morgan fingerprint density at radius 1 is 1.11 bits per heavy atom. The molecule has 3 rings (SSSR count). The molecule has 0 saturated carbocycles. The number of carbonyl (C=O) groups excluding carboxylic acids is 3. The van der Waals surface area contributed by atoms with Crippen molar-refractivity contribution in [3.05, 3.63) is 65.7 Å². The second kappa shape index (κ2) is 12.9. The molecule has 0 spiro atoms. The van der Waals surface area contributed by atoms with E-state index in [2.05, 4.69) is 33.0 Å². The molecule has 1 aliphatic heterocycles. The maximum atomic E-state index is 12.8. The third kappa shape index (κ3) is 7.54. The Morgan fingerprint density at radius 3 is 2.32 bits per heavy atom. The average molecular weight is 505 g/mol. The van der Waals surface area contributed by atoms with E-state index >= 15 is 0 Å². The molecule has 5 N–H and O–H groups in total. The number of piperidine rings is 1. The zero-order valence-corrected chi connectivity index (χ0v) is 21.5. The maximum Gasteiger partial charge on any atom is 0.319 e. The van der Waals surface area contributed by atoms with Gasteiger partial charge in [-0.15, -0.1) is 0 Å². The van der Waals surface area contributed by atoms with Crippen molar-refractivity contribution < 1.29 is 14.4 Å². The van der Waals surface area contributed by atoms with Crippen molar-refractivity contribution in [1.82, 2.24) is 15.5 Å². The van der Waals surface area contributed by atoms with E-state index in [0.29, 0.717) is 24.1 Å². The summed E-state index contributed by atoms with van der Waals surface area (Å²) in [5.41, 5.74) is 6.12. The largest absolute Gasteiger partial charge is 0.368 e. The number of nitrogens with one attached hydrogen (secondary N) is 3. The van der Waals surface area contributed by atoms with Gasteiger partial charge in [0.2, 0.25) is 5.91 Å². The van der Waals surface area contributed by atoms with E-state index < -0.39 is 23.3 Å². The molecule has 196 valence electrons. The molecule has 2 aromatic carbocycles. The van der Waals surface area contributed by atoms with Gasteiger partial charge < -0.3 is 21.7 Å². The van der Waals surface area contributed by atoms with Crippen molar-refractivity contribution in [3.8, 4) is 6.07 Å². The molecule has 0 aliphatic carbocycles. The number of hydrogen-bond acceptors (Lipinski definition) is 5. The van der Waals surface area contributed by atoms with Crippen molar-refractivity contribution >= 4 is 23.5 Å². The summed E-state index contributed by atoms with van der Waals surface area (Å²) in [5, 5.41) is 18.1. The molecule has 1 heterocycles. The molecule has 0 bridgehead atoms. The van der Waals surface area contributed by atoms with Gasteiger partial charge in [-0.1, -0.05) is 43.7 Å². The van der Waals surface area contributed by atoms with Gasteiger partial charge in [-0.3, -0.25) is 14.5 Å². The molecule has 1 aliphatic rings. The lowest BCUT2D eigenvalue weighted by Crippen LogP contribution is -2.52. The number of hydrogen-bond donors (Lipinski definition) is 4. The molecular formula is C28H36N6O3. The van der Waals surface area contributed by atoms with E-state index in [1.165, 1.54) is 12.5 Å². The first kappa shape index (κ1) is 27.7. The maximum absolute atomic E-state index is 12.8. The molecule has 9 nitrogen and oxygen atoms in total. The molecule has 4 amide bonds. The van der Waals surface area contributed by atoms with Gasteiger partial charge in [0.05, 0.1) is 12.1 Å². The molecule has 0 aromatic heterocycles. The summed E-state index contributed by atoms with van der Waals surface area (Å²) in [4.78, 5) is 39.5. The van der Waals surface area contributed by atoms with Gasteiger partial charge in [-0.25, -0.2) is 4.79 Å². The average Bonchev–Trinajstić information content (AvgIpc) is 2.90. The highest BCUT2D eigenvalue weighted by Crippen LogP contribution is 2.24. The number of primary amides is 1. The lowest BCUT2D eigenvalue weighted by Gasteiger charge is -2.32. The minimum absolute atomic E-state index is 0.104. The summed E-state index contributed by atoms with van der Waals surface area (Å²) in [7, 11) is 0. The Balaban J connectivity index is 1.48. The van der Waals surface area contributed by atoms with Crippen LogP contribution in [0.4, 0.5) is 10.5 Å². The first-order valence-electron chi connectivity index (χ1n) is 12.7. The van der Waals surface area contributed by atoms with Crippen LogP contribution in [-0.4, -0.2) is 47.9 Å². The quantitative estimate of drug-likeness (QED) is 0.393. The normalized spacial score (nSPS) is 16.6. The van der Waals surface area contributed by atoms with Gasteiger partial charge in [-0.2, -0.15) is 5.26 Å². The number of rotatable bonds is 10. The molecule has 1 fully saturated rings. The van der Waals surface area contributed by atoms with E-state index in [4.69, 9.17) is 5.73 Å². The molecule has 0 radical (unpaired) electrons. The standard InChI is InChI=1S/C28H36N6O3/c1-3-7-24(28(2,19-29)26(30)36)33-25(35)21-10-12-22(13-11-21)31-27(37)32-23-14-16-34(17-15-23)18-20-8-5-4-6-9-20/h4-6,8-13,23-24H,3,7,14-18H2,1-2H3,(H2,30,36)(H,33,35)(H2,31,32,37)/t24-,28?/m0/s1. The molecule has 9 heteroatoms. The summed E-state index contributed by atoms with van der Waals surface area (Å²) >= 11 is 0. The molecule has 1 saturated heterocycles. The fourth-order valence-corrected chi connectivity index (χ4v) is 4.47. The molecule has 2 atom stereocenters. The van der Waals surface area contributed by atoms with Gasteiger partial charge in [0.25, 0.3) is 5.91 Å². The first-order valence-corrected chi connectivity index (χ1v) is 12.7. The Kier molecular flexibility index (Phi) is 9.64. The van der Waals surface area contributed by atoms with Crippen molar-refractivity contribution in [2.24, 2.45) is 11.1 Å². The second-order valence-corrected chi connectivity index (χ2v) is 9.70. The number of anilines is 1. The van der Waals surface area contributed by atoms with E-state index in [1.54, 1.807) is 24.3 Å². The highest BCUT2D eigenvalue weighted by Gasteiger charge is 2.40. The summed E-state index contributed by atoms with van der Waals surface area (Å²) in [6, 6.07) is 17.9. The number of benzene rings is 2. The number of amides is 4. The number of nitrogens with zero attached hydrogens (tertiary/aromatic N) is 2. The minimum Gasteiger partial charge on any atom is -0.368 e. The summed E-state index contributed by atoms with van der Waals surface area (Å²) < 4.78 is 0. The van der Waals surface area contributed by atoms with E-state index in [1.807, 2.05) is 31.2 Å². The van der Waals surface area contributed by atoms with Gasteiger partial charge >= 0.3 is 6.03 Å². The third-order valence-electron chi connectivity index (χ3n) is 6.90. The van der Waals surface area contributed by atoms with Crippen LogP contribution in [0.15, 0.2) is 54.6 Å². The Bertz CT molecular complexity index is 1110. The molecule has 37 heavy (non-hydrogen) atoms. The predicted molar refractivity (Wildman–Crippen MR) is 142 cm³/mol. The fraction of sp³-hybridized carbons (Fsp3) is 0.429. The zero-order chi connectivity index (χ0) is 26.8. The van der Waals surface area contributed by atoms with Crippen molar-refractivity contribution in [3.63, 3.8) is 0 Å².